The number of carbonyl (C=O) groups excluding carboxylic acids is 3. The Bertz CT molecular complexity index is 1140. The molecule has 1 heterocycles. The third-order valence-corrected chi connectivity index (χ3v) is 4.49. The highest BCUT2D eigenvalue weighted by molar-refractivity contribution is 6.06. The molecule has 152 valence electrons. The van der Waals surface area contributed by atoms with Gasteiger partial charge in [-0.1, -0.05) is 12.1 Å². The maximum absolute atomic E-state index is 12.3. The minimum atomic E-state index is -0.495. The van der Waals surface area contributed by atoms with Crippen molar-refractivity contribution in [1.82, 2.24) is 4.98 Å². The number of rotatable bonds is 7. The summed E-state index contributed by atoms with van der Waals surface area (Å²) in [6.07, 6.45) is 2.30. The van der Waals surface area contributed by atoms with Crippen molar-refractivity contribution < 1.29 is 19.1 Å². The second kappa shape index (κ2) is 9.39. The molecule has 3 aromatic rings. The Balaban J connectivity index is 1.55. The molecule has 0 spiro atoms. The van der Waals surface area contributed by atoms with E-state index in [1.165, 1.54) is 7.11 Å². The summed E-state index contributed by atoms with van der Waals surface area (Å²) in [5.74, 6) is -1.04. The molecule has 0 saturated carbocycles. The molecule has 0 aliphatic rings. The van der Waals surface area contributed by atoms with Crippen LogP contribution in [0.4, 0.5) is 11.4 Å². The summed E-state index contributed by atoms with van der Waals surface area (Å²) >= 11 is 0. The monoisotopic (exact) mass is 404 g/mol. The number of nitriles is 1. The number of methoxy groups -OCH3 is 1. The first-order valence-electron chi connectivity index (χ1n) is 9.30. The minimum absolute atomic E-state index is 0.129. The summed E-state index contributed by atoms with van der Waals surface area (Å²) in [6, 6.07) is 13.8. The van der Waals surface area contributed by atoms with Crippen LogP contribution in [-0.2, 0) is 14.3 Å². The number of benzene rings is 2. The van der Waals surface area contributed by atoms with Gasteiger partial charge in [-0.15, -0.1) is 0 Å². The molecular weight excluding hydrogens is 384 g/mol. The van der Waals surface area contributed by atoms with Crippen molar-refractivity contribution in [2.24, 2.45) is 0 Å². The number of amides is 2. The topological polar surface area (TPSA) is 124 Å². The number of aromatic amines is 1. The molecule has 0 unspecified atom stereocenters. The van der Waals surface area contributed by atoms with Crippen LogP contribution in [0.15, 0.2) is 48.7 Å². The van der Waals surface area contributed by atoms with E-state index >= 15 is 0 Å². The van der Waals surface area contributed by atoms with Gasteiger partial charge in [-0.05, 0) is 36.8 Å². The number of hydrogen-bond acceptors (Lipinski definition) is 5. The molecule has 8 heteroatoms. The highest BCUT2D eigenvalue weighted by Crippen LogP contribution is 2.24. The van der Waals surface area contributed by atoms with E-state index in [9.17, 15) is 14.4 Å². The average molecular weight is 404 g/mol. The van der Waals surface area contributed by atoms with Gasteiger partial charge in [0.2, 0.25) is 11.8 Å². The highest BCUT2D eigenvalue weighted by Gasteiger charge is 2.14. The van der Waals surface area contributed by atoms with Crippen molar-refractivity contribution in [3.8, 4) is 6.07 Å². The number of esters is 1. The number of aromatic nitrogens is 1. The van der Waals surface area contributed by atoms with Crippen LogP contribution in [0.1, 0.15) is 35.2 Å². The van der Waals surface area contributed by atoms with Crippen LogP contribution in [0, 0.1) is 11.3 Å². The van der Waals surface area contributed by atoms with Crippen molar-refractivity contribution >= 4 is 40.1 Å². The lowest BCUT2D eigenvalue weighted by Crippen LogP contribution is -2.15. The zero-order valence-corrected chi connectivity index (χ0v) is 16.3. The Kier molecular flexibility index (Phi) is 6.45. The molecule has 0 aliphatic carbocycles. The number of nitrogens with zero attached hydrogens (tertiary/aromatic N) is 1. The smallest absolute Gasteiger partial charge is 0.338 e. The molecule has 0 fully saturated rings. The standard InChI is InChI=1S/C22H20N4O4/c1-30-22(29)17-11-15(12-19-16(17)9-10-24-19)25-20(27)7-4-8-21(28)26-18-6-3-2-5-14(18)13-23/h2-3,5-6,9-12,24H,4,7-8H2,1H3,(H,25,27)(H,26,28). The second-order valence-corrected chi connectivity index (χ2v) is 6.56. The fourth-order valence-electron chi connectivity index (χ4n) is 3.05. The van der Waals surface area contributed by atoms with Crippen LogP contribution in [0.25, 0.3) is 10.9 Å². The van der Waals surface area contributed by atoms with Crippen LogP contribution < -0.4 is 10.6 Å². The fraction of sp³-hybridized carbons (Fsp3) is 0.182. The summed E-state index contributed by atoms with van der Waals surface area (Å²) in [7, 11) is 1.30. The van der Waals surface area contributed by atoms with E-state index in [4.69, 9.17) is 10.00 Å². The zero-order chi connectivity index (χ0) is 21.5. The molecule has 0 aliphatic heterocycles. The first-order valence-corrected chi connectivity index (χ1v) is 9.30. The van der Waals surface area contributed by atoms with E-state index in [2.05, 4.69) is 15.6 Å². The normalized spacial score (nSPS) is 10.3. The molecule has 3 N–H and O–H groups in total. The fourth-order valence-corrected chi connectivity index (χ4v) is 3.05. The third-order valence-electron chi connectivity index (χ3n) is 4.49. The predicted molar refractivity (Wildman–Crippen MR) is 112 cm³/mol. The number of nitrogens with one attached hydrogen (secondary N) is 3. The maximum Gasteiger partial charge on any atom is 0.338 e. The lowest BCUT2D eigenvalue weighted by Gasteiger charge is -2.09. The minimum Gasteiger partial charge on any atom is -0.465 e. The van der Waals surface area contributed by atoms with Crippen LogP contribution in [0.5, 0.6) is 0 Å². The van der Waals surface area contributed by atoms with Gasteiger partial charge in [0.1, 0.15) is 6.07 Å². The number of hydrogen-bond donors (Lipinski definition) is 3. The van der Waals surface area contributed by atoms with E-state index < -0.39 is 5.97 Å². The van der Waals surface area contributed by atoms with Gasteiger partial charge in [-0.3, -0.25) is 9.59 Å². The van der Waals surface area contributed by atoms with E-state index in [1.807, 2.05) is 6.07 Å². The van der Waals surface area contributed by atoms with Crippen molar-refractivity contribution in [1.29, 1.82) is 5.26 Å². The predicted octanol–water partition coefficient (Wildman–Crippen LogP) is 3.57. The largest absolute Gasteiger partial charge is 0.465 e. The van der Waals surface area contributed by atoms with Gasteiger partial charge in [-0.2, -0.15) is 5.26 Å². The van der Waals surface area contributed by atoms with Crippen LogP contribution in [0.2, 0.25) is 0 Å². The first-order chi connectivity index (χ1) is 14.5. The summed E-state index contributed by atoms with van der Waals surface area (Å²) < 4.78 is 4.80. The summed E-state index contributed by atoms with van der Waals surface area (Å²) in [5.41, 5.74) is 2.34. The molecule has 0 atom stereocenters. The van der Waals surface area contributed by atoms with Gasteiger partial charge in [0.05, 0.1) is 23.9 Å². The van der Waals surface area contributed by atoms with Crippen molar-refractivity contribution in [3.05, 3.63) is 59.8 Å². The van der Waals surface area contributed by atoms with E-state index in [1.54, 1.807) is 48.7 Å². The molecule has 1 aromatic heterocycles. The number of anilines is 2. The van der Waals surface area contributed by atoms with Crippen molar-refractivity contribution in [2.45, 2.75) is 19.3 Å². The number of fused-ring (bicyclic) bond motifs is 1. The molecule has 8 nitrogen and oxygen atoms in total. The van der Waals surface area contributed by atoms with Gasteiger partial charge < -0.3 is 20.4 Å². The molecular formula is C22H20N4O4. The van der Waals surface area contributed by atoms with Gasteiger partial charge in [0.15, 0.2) is 0 Å². The first kappa shape index (κ1) is 20.6. The molecule has 30 heavy (non-hydrogen) atoms. The highest BCUT2D eigenvalue weighted by atomic mass is 16.5. The third kappa shape index (κ3) is 4.83. The number of carbonyl (C=O) groups is 3. The summed E-state index contributed by atoms with van der Waals surface area (Å²) in [5, 5.41) is 15.2. The molecule has 2 amide bonds. The van der Waals surface area contributed by atoms with Crippen molar-refractivity contribution in [3.63, 3.8) is 0 Å². The van der Waals surface area contributed by atoms with Gasteiger partial charge in [-0.25, -0.2) is 4.79 Å². The summed E-state index contributed by atoms with van der Waals surface area (Å²) in [6.45, 7) is 0. The van der Waals surface area contributed by atoms with E-state index in [0.29, 0.717) is 39.8 Å². The molecule has 2 aromatic carbocycles. The second-order valence-electron chi connectivity index (χ2n) is 6.56. The molecule has 0 bridgehead atoms. The average Bonchev–Trinajstić information content (AvgIpc) is 3.21. The van der Waals surface area contributed by atoms with Crippen molar-refractivity contribution in [2.75, 3.05) is 17.7 Å². The SMILES string of the molecule is COC(=O)c1cc(NC(=O)CCCC(=O)Nc2ccccc2C#N)cc2[nH]ccc12. The zero-order valence-electron chi connectivity index (χ0n) is 16.3. The molecule has 0 radical (unpaired) electrons. The van der Waals surface area contributed by atoms with Gasteiger partial charge in [0, 0.05) is 35.6 Å². The molecule has 3 rings (SSSR count). The van der Waals surface area contributed by atoms with E-state index in [0.717, 1.165) is 0 Å². The Labute approximate surface area is 172 Å². The number of para-hydroxylation sites is 1. The van der Waals surface area contributed by atoms with Gasteiger partial charge >= 0.3 is 5.97 Å². The number of ether oxygens (including phenoxy) is 1. The van der Waals surface area contributed by atoms with E-state index in [-0.39, 0.29) is 24.7 Å². The van der Waals surface area contributed by atoms with Crippen LogP contribution >= 0.6 is 0 Å². The quantitative estimate of drug-likeness (QED) is 0.519. The Morgan fingerprint density at radius 1 is 1.07 bits per heavy atom. The van der Waals surface area contributed by atoms with Crippen LogP contribution in [-0.4, -0.2) is 29.9 Å². The Morgan fingerprint density at radius 2 is 1.80 bits per heavy atom. The maximum atomic E-state index is 12.3. The Morgan fingerprint density at radius 3 is 2.53 bits per heavy atom. The Hall–Kier alpha value is -4.12. The summed E-state index contributed by atoms with van der Waals surface area (Å²) in [4.78, 5) is 39.3. The lowest BCUT2D eigenvalue weighted by atomic mass is 10.1. The van der Waals surface area contributed by atoms with Gasteiger partial charge in [0.25, 0.3) is 0 Å². The molecule has 0 saturated heterocycles. The van der Waals surface area contributed by atoms with Crippen LogP contribution in [0.3, 0.4) is 0 Å². The lowest BCUT2D eigenvalue weighted by molar-refractivity contribution is -0.117. The number of H-pyrrole nitrogens is 1.